The van der Waals surface area contributed by atoms with Crippen molar-refractivity contribution in [3.05, 3.63) is 138 Å². The molecule has 10 aromatic rings. The Labute approximate surface area is 328 Å². The molecule has 5 heterocycles. The number of furan rings is 1. The van der Waals surface area contributed by atoms with Crippen LogP contribution < -0.4 is 0 Å². The van der Waals surface area contributed by atoms with E-state index in [0.29, 0.717) is 11.8 Å². The molecule has 6 nitrogen and oxygen atoms in total. The van der Waals surface area contributed by atoms with Crippen LogP contribution in [0.4, 0.5) is 0 Å². The Hall–Kier alpha value is -5.05. The molecule has 0 fully saturated rings. The summed E-state index contributed by atoms with van der Waals surface area (Å²) in [5.74, 6) is 1.52. The van der Waals surface area contributed by atoms with Crippen LogP contribution >= 0.6 is 22.7 Å². The number of rotatable bonds is 5. The number of pyridine rings is 1. The molecule has 0 aliphatic carbocycles. The largest absolute Gasteiger partial charge is 0.499 e. The monoisotopic (exact) mass is 904 g/mol. The van der Waals surface area contributed by atoms with E-state index in [1.807, 2.05) is 65.6 Å². The molecule has 0 atom stereocenters. The summed E-state index contributed by atoms with van der Waals surface area (Å²) in [6, 6.07) is 39.5. The van der Waals surface area contributed by atoms with E-state index < -0.39 is 0 Å². The van der Waals surface area contributed by atoms with Gasteiger partial charge in [0.15, 0.2) is 0 Å². The third-order valence-electron chi connectivity index (χ3n) is 9.44. The Balaban J connectivity index is 0.000000262. The van der Waals surface area contributed by atoms with E-state index in [-0.39, 0.29) is 20.1 Å². The zero-order valence-corrected chi connectivity index (χ0v) is 33.4. The second-order valence-electron chi connectivity index (χ2n) is 13.3. The molecule has 0 bridgehead atoms. The summed E-state index contributed by atoms with van der Waals surface area (Å²) in [7, 11) is 0. The van der Waals surface area contributed by atoms with E-state index >= 15 is 0 Å². The minimum Gasteiger partial charge on any atom is -0.499 e. The van der Waals surface area contributed by atoms with Gasteiger partial charge < -0.3 is 14.0 Å². The van der Waals surface area contributed by atoms with E-state index in [2.05, 4.69) is 102 Å². The standard InChI is InChI=1S/C33H25N4OS2.C11H8N.Ir/c1-17(2)19-9-7-10-20(18(3)4)28(19)37-24-14-6-5-13-23(24)36-33(37)22-12-8-11-21-25-30(38-29(21)22)32-27(35-16-40-32)26-31(25)39-15-34-26;1-2-6-10(7-3-1)11-8-4-5-9-12-11;/h5-11,13-18H,1-4H3;1-6,8-9H;/q2*-1;. The van der Waals surface area contributed by atoms with Gasteiger partial charge in [-0.1, -0.05) is 81.1 Å². The smallest absolute Gasteiger partial charge is 0.141 e. The van der Waals surface area contributed by atoms with Crippen LogP contribution in [-0.2, 0) is 20.1 Å². The molecular formula is C44H33IrN5OS2-2. The second-order valence-corrected chi connectivity index (χ2v) is 15.0. The molecule has 5 aromatic heterocycles. The first-order chi connectivity index (χ1) is 25.5. The molecule has 5 aromatic carbocycles. The summed E-state index contributed by atoms with van der Waals surface area (Å²) in [4.78, 5) is 18.8. The molecular weight excluding hydrogens is 871 g/mol. The summed E-state index contributed by atoms with van der Waals surface area (Å²) in [6.45, 7) is 9.03. The molecule has 263 valence electrons. The van der Waals surface area contributed by atoms with Crippen LogP contribution in [0.15, 0.2) is 119 Å². The van der Waals surface area contributed by atoms with E-state index in [1.54, 1.807) is 28.9 Å². The van der Waals surface area contributed by atoms with Crippen molar-refractivity contribution in [2.75, 3.05) is 0 Å². The van der Waals surface area contributed by atoms with Crippen LogP contribution in [0.2, 0.25) is 0 Å². The maximum absolute atomic E-state index is 6.79. The molecule has 0 aliphatic rings. The summed E-state index contributed by atoms with van der Waals surface area (Å²) in [5.41, 5.74) is 15.9. The van der Waals surface area contributed by atoms with Gasteiger partial charge in [0.05, 0.1) is 42.9 Å². The molecule has 0 spiro atoms. The van der Waals surface area contributed by atoms with Gasteiger partial charge in [0.1, 0.15) is 16.6 Å². The predicted molar refractivity (Wildman–Crippen MR) is 216 cm³/mol. The molecule has 0 saturated heterocycles. The van der Waals surface area contributed by atoms with Gasteiger partial charge in [-0.15, -0.1) is 76.8 Å². The fourth-order valence-electron chi connectivity index (χ4n) is 7.05. The van der Waals surface area contributed by atoms with E-state index in [4.69, 9.17) is 9.40 Å². The van der Waals surface area contributed by atoms with Crippen molar-refractivity contribution in [1.29, 1.82) is 0 Å². The molecule has 0 unspecified atom stereocenters. The fourth-order valence-corrected chi connectivity index (χ4v) is 8.67. The van der Waals surface area contributed by atoms with Crippen molar-refractivity contribution in [2.24, 2.45) is 0 Å². The Morgan fingerprint density at radius 1 is 0.679 bits per heavy atom. The minimum atomic E-state index is 0. The fraction of sp³-hybridized carbons (Fsp3) is 0.136. The van der Waals surface area contributed by atoms with Crippen LogP contribution in [0.25, 0.3) is 81.7 Å². The summed E-state index contributed by atoms with van der Waals surface area (Å²) in [5, 5.41) is 2.14. The molecule has 0 amide bonds. The molecule has 10 rings (SSSR count). The number of imidazole rings is 1. The Morgan fingerprint density at radius 3 is 2.11 bits per heavy atom. The number of benzene rings is 5. The van der Waals surface area contributed by atoms with E-state index in [1.165, 1.54) is 16.8 Å². The zero-order valence-electron chi connectivity index (χ0n) is 29.4. The molecule has 9 heteroatoms. The van der Waals surface area contributed by atoms with Crippen molar-refractivity contribution < 1.29 is 24.5 Å². The van der Waals surface area contributed by atoms with Gasteiger partial charge in [-0.3, -0.25) is 4.98 Å². The molecule has 0 aliphatic heterocycles. The first-order valence-corrected chi connectivity index (χ1v) is 19.1. The van der Waals surface area contributed by atoms with Gasteiger partial charge in [0.2, 0.25) is 0 Å². The quantitative estimate of drug-likeness (QED) is 0.161. The Morgan fingerprint density at radius 2 is 1.40 bits per heavy atom. The number of aromatic nitrogens is 5. The topological polar surface area (TPSA) is 69.6 Å². The number of thiazole rings is 2. The molecule has 0 N–H and O–H groups in total. The van der Waals surface area contributed by atoms with Crippen molar-refractivity contribution in [2.45, 2.75) is 39.5 Å². The van der Waals surface area contributed by atoms with Crippen LogP contribution in [0, 0.1) is 12.1 Å². The van der Waals surface area contributed by atoms with Gasteiger partial charge in [-0.05, 0) is 46.9 Å². The van der Waals surface area contributed by atoms with Crippen molar-refractivity contribution >= 4 is 76.1 Å². The SMILES string of the molecule is CC(C)c1cccc(C(C)C)c1-n1c(-c2[c-]ccc3c2oc2c4scnc4c4ncsc4c32)nc2ccccc21.[Ir].[c-]1ccccc1-c1ccccn1. The first kappa shape index (κ1) is 35.0. The van der Waals surface area contributed by atoms with E-state index in [0.717, 1.165) is 76.1 Å². The third kappa shape index (κ3) is 5.98. The second kappa shape index (κ2) is 14.4. The number of fused-ring (bicyclic) bond motifs is 9. The predicted octanol–water partition coefficient (Wildman–Crippen LogP) is 12.4. The van der Waals surface area contributed by atoms with Gasteiger partial charge in [-0.25, -0.2) is 9.97 Å². The van der Waals surface area contributed by atoms with Crippen molar-refractivity contribution in [3.8, 4) is 28.3 Å². The van der Waals surface area contributed by atoms with Gasteiger partial charge in [0, 0.05) is 37.4 Å². The summed E-state index contributed by atoms with van der Waals surface area (Å²) >= 11 is 3.23. The third-order valence-corrected chi connectivity index (χ3v) is 11.1. The zero-order chi connectivity index (χ0) is 35.3. The summed E-state index contributed by atoms with van der Waals surface area (Å²) in [6.07, 6.45) is 1.79. The van der Waals surface area contributed by atoms with Gasteiger partial charge >= 0.3 is 0 Å². The maximum atomic E-state index is 6.79. The van der Waals surface area contributed by atoms with Gasteiger partial charge in [-0.2, -0.15) is 0 Å². The van der Waals surface area contributed by atoms with Gasteiger partial charge in [0.25, 0.3) is 0 Å². The van der Waals surface area contributed by atoms with Crippen molar-refractivity contribution in [1.82, 2.24) is 24.5 Å². The molecule has 0 saturated carbocycles. The maximum Gasteiger partial charge on any atom is 0.141 e. The van der Waals surface area contributed by atoms with Crippen LogP contribution in [0.1, 0.15) is 50.7 Å². The Kier molecular flexibility index (Phi) is 9.51. The van der Waals surface area contributed by atoms with Crippen LogP contribution in [0.5, 0.6) is 0 Å². The number of nitrogens with zero attached hydrogens (tertiary/aromatic N) is 5. The normalized spacial score (nSPS) is 11.6. The first-order valence-electron chi connectivity index (χ1n) is 17.3. The summed E-state index contributed by atoms with van der Waals surface area (Å²) < 4.78 is 11.3. The number of para-hydroxylation sites is 3. The van der Waals surface area contributed by atoms with E-state index in [9.17, 15) is 0 Å². The molecule has 1 radical (unpaired) electrons. The average Bonchev–Trinajstić information content (AvgIpc) is 3.99. The number of hydrogen-bond donors (Lipinski definition) is 0. The minimum absolute atomic E-state index is 0. The average molecular weight is 904 g/mol. The van der Waals surface area contributed by atoms with Crippen LogP contribution in [0.3, 0.4) is 0 Å². The Bertz CT molecular complexity index is 2810. The molecule has 53 heavy (non-hydrogen) atoms. The van der Waals surface area contributed by atoms with Crippen molar-refractivity contribution in [3.63, 3.8) is 0 Å². The number of hydrogen-bond acceptors (Lipinski definition) is 7. The van der Waals surface area contributed by atoms with Crippen LogP contribution in [-0.4, -0.2) is 24.5 Å².